The number of carbonyl (C=O) groups is 1. The van der Waals surface area contributed by atoms with E-state index in [4.69, 9.17) is 11.6 Å². The van der Waals surface area contributed by atoms with Crippen molar-refractivity contribution in [3.8, 4) is 0 Å². The summed E-state index contributed by atoms with van der Waals surface area (Å²) in [5, 5.41) is 9.92. The van der Waals surface area contributed by atoms with Crippen LogP contribution in [0, 0.1) is 5.92 Å². The molecule has 1 aliphatic heterocycles. The van der Waals surface area contributed by atoms with Gasteiger partial charge >= 0.3 is 5.97 Å². The van der Waals surface area contributed by atoms with Crippen LogP contribution in [-0.4, -0.2) is 23.7 Å². The molecule has 4 heteroatoms. The Morgan fingerprint density at radius 1 is 1.20 bits per heavy atom. The van der Waals surface area contributed by atoms with Gasteiger partial charge in [0, 0.05) is 17.6 Å². The van der Waals surface area contributed by atoms with Crippen molar-refractivity contribution in [2.75, 3.05) is 11.4 Å². The molecule has 108 valence electrons. The van der Waals surface area contributed by atoms with E-state index in [-0.39, 0.29) is 0 Å². The predicted octanol–water partition coefficient (Wildman–Crippen LogP) is 4.20. The van der Waals surface area contributed by atoms with Gasteiger partial charge in [-0.25, -0.2) is 4.79 Å². The van der Waals surface area contributed by atoms with Crippen LogP contribution in [0.3, 0.4) is 0 Å². The number of benzene rings is 1. The summed E-state index contributed by atoms with van der Waals surface area (Å²) >= 11 is 5.96. The SMILES string of the molecule is O=C(O)c1cc(Cl)ccc1N1CCCC2CCCCC21. The molecule has 1 aromatic carbocycles. The van der Waals surface area contributed by atoms with Crippen LogP contribution in [0.15, 0.2) is 18.2 Å². The molecule has 0 bridgehead atoms. The minimum Gasteiger partial charge on any atom is -0.478 e. The minimum atomic E-state index is -0.888. The van der Waals surface area contributed by atoms with Crippen LogP contribution in [0.1, 0.15) is 48.9 Å². The first kappa shape index (κ1) is 13.7. The van der Waals surface area contributed by atoms with Crippen LogP contribution in [0.2, 0.25) is 5.02 Å². The molecule has 2 aliphatic rings. The van der Waals surface area contributed by atoms with Crippen LogP contribution in [-0.2, 0) is 0 Å². The Labute approximate surface area is 124 Å². The lowest BCUT2D eigenvalue weighted by molar-refractivity contribution is 0.0697. The fourth-order valence-corrected chi connectivity index (χ4v) is 4.03. The summed E-state index contributed by atoms with van der Waals surface area (Å²) in [6.07, 6.45) is 7.50. The largest absolute Gasteiger partial charge is 0.478 e. The van der Waals surface area contributed by atoms with Crippen molar-refractivity contribution in [1.29, 1.82) is 0 Å². The van der Waals surface area contributed by atoms with Gasteiger partial charge in [0.15, 0.2) is 0 Å². The highest BCUT2D eigenvalue weighted by atomic mass is 35.5. The van der Waals surface area contributed by atoms with Gasteiger partial charge in [0.25, 0.3) is 0 Å². The molecule has 0 spiro atoms. The molecule has 0 radical (unpaired) electrons. The van der Waals surface area contributed by atoms with Gasteiger partial charge < -0.3 is 10.0 Å². The molecule has 0 aromatic heterocycles. The van der Waals surface area contributed by atoms with Crippen LogP contribution in [0.25, 0.3) is 0 Å². The van der Waals surface area contributed by atoms with Crippen molar-refractivity contribution in [3.63, 3.8) is 0 Å². The topological polar surface area (TPSA) is 40.5 Å². The molecule has 3 rings (SSSR count). The third-order valence-corrected chi connectivity index (χ3v) is 4.98. The van der Waals surface area contributed by atoms with E-state index in [1.165, 1.54) is 32.1 Å². The Hall–Kier alpha value is -1.22. The highest BCUT2D eigenvalue weighted by Crippen LogP contribution is 2.39. The highest BCUT2D eigenvalue weighted by Gasteiger charge is 2.34. The van der Waals surface area contributed by atoms with Gasteiger partial charge in [0.2, 0.25) is 0 Å². The summed E-state index contributed by atoms with van der Waals surface area (Å²) in [6, 6.07) is 5.77. The van der Waals surface area contributed by atoms with E-state index in [2.05, 4.69) is 4.90 Å². The Kier molecular flexibility index (Phi) is 3.88. The zero-order chi connectivity index (χ0) is 14.1. The van der Waals surface area contributed by atoms with E-state index >= 15 is 0 Å². The maximum absolute atomic E-state index is 11.5. The summed E-state index contributed by atoms with van der Waals surface area (Å²) < 4.78 is 0. The van der Waals surface area contributed by atoms with Crippen molar-refractivity contribution in [2.45, 2.75) is 44.6 Å². The number of anilines is 1. The van der Waals surface area contributed by atoms with Crippen molar-refractivity contribution in [3.05, 3.63) is 28.8 Å². The highest BCUT2D eigenvalue weighted by molar-refractivity contribution is 6.31. The Morgan fingerprint density at radius 2 is 1.95 bits per heavy atom. The van der Waals surface area contributed by atoms with E-state index in [1.807, 2.05) is 6.07 Å². The molecular formula is C16H20ClNO2. The standard InChI is InChI=1S/C16H20ClNO2/c17-12-7-8-15(13(10-12)16(19)20)18-9-3-5-11-4-1-2-6-14(11)18/h7-8,10-11,14H,1-6,9H2,(H,19,20). The quantitative estimate of drug-likeness (QED) is 0.888. The molecule has 1 aromatic rings. The van der Waals surface area contributed by atoms with Crippen LogP contribution in [0.4, 0.5) is 5.69 Å². The summed E-state index contributed by atoms with van der Waals surface area (Å²) in [5.74, 6) is -0.157. The molecule has 20 heavy (non-hydrogen) atoms. The molecule has 0 amide bonds. The van der Waals surface area contributed by atoms with Crippen molar-refractivity contribution < 1.29 is 9.90 Å². The van der Waals surface area contributed by atoms with E-state index < -0.39 is 5.97 Å². The second kappa shape index (κ2) is 5.65. The molecule has 1 heterocycles. The van der Waals surface area contributed by atoms with Crippen molar-refractivity contribution >= 4 is 23.3 Å². The van der Waals surface area contributed by atoms with Gasteiger partial charge in [-0.2, -0.15) is 0 Å². The first-order chi connectivity index (χ1) is 9.66. The third-order valence-electron chi connectivity index (χ3n) is 4.74. The van der Waals surface area contributed by atoms with Gasteiger partial charge in [0.1, 0.15) is 0 Å². The zero-order valence-corrected chi connectivity index (χ0v) is 12.3. The van der Waals surface area contributed by atoms with Crippen LogP contribution < -0.4 is 4.90 Å². The number of nitrogens with zero attached hydrogens (tertiary/aromatic N) is 1. The smallest absolute Gasteiger partial charge is 0.337 e. The second-order valence-corrected chi connectivity index (χ2v) is 6.35. The second-order valence-electron chi connectivity index (χ2n) is 5.91. The minimum absolute atomic E-state index is 0.337. The lowest BCUT2D eigenvalue weighted by Gasteiger charge is -2.45. The summed E-state index contributed by atoms with van der Waals surface area (Å²) in [6.45, 7) is 0.961. The third kappa shape index (κ3) is 2.51. The number of rotatable bonds is 2. The maximum Gasteiger partial charge on any atom is 0.337 e. The van der Waals surface area contributed by atoms with Gasteiger partial charge in [0.05, 0.1) is 11.3 Å². The lowest BCUT2D eigenvalue weighted by Crippen LogP contribution is -2.47. The monoisotopic (exact) mass is 293 g/mol. The van der Waals surface area contributed by atoms with Gasteiger partial charge in [-0.1, -0.05) is 24.4 Å². The first-order valence-corrected chi connectivity index (χ1v) is 7.84. The Morgan fingerprint density at radius 3 is 2.75 bits per heavy atom. The number of carboxylic acid groups (broad SMARTS) is 1. The van der Waals surface area contributed by atoms with E-state index in [0.717, 1.165) is 24.6 Å². The predicted molar refractivity (Wildman–Crippen MR) is 80.7 cm³/mol. The molecule has 3 nitrogen and oxygen atoms in total. The molecule has 2 fully saturated rings. The number of halogens is 1. The average molecular weight is 294 g/mol. The lowest BCUT2D eigenvalue weighted by atomic mass is 9.78. The summed E-state index contributed by atoms with van der Waals surface area (Å²) in [4.78, 5) is 13.8. The number of fused-ring (bicyclic) bond motifs is 1. The van der Waals surface area contributed by atoms with E-state index in [0.29, 0.717) is 16.6 Å². The zero-order valence-electron chi connectivity index (χ0n) is 11.5. The number of hydrogen-bond acceptors (Lipinski definition) is 2. The number of hydrogen-bond donors (Lipinski definition) is 1. The fraction of sp³-hybridized carbons (Fsp3) is 0.562. The Bertz CT molecular complexity index is 515. The molecule has 1 N–H and O–H groups in total. The van der Waals surface area contributed by atoms with Crippen molar-refractivity contribution in [1.82, 2.24) is 0 Å². The van der Waals surface area contributed by atoms with Gasteiger partial charge in [-0.15, -0.1) is 0 Å². The maximum atomic E-state index is 11.5. The van der Waals surface area contributed by atoms with Gasteiger partial charge in [-0.3, -0.25) is 0 Å². The van der Waals surface area contributed by atoms with Crippen LogP contribution in [0.5, 0.6) is 0 Å². The van der Waals surface area contributed by atoms with Gasteiger partial charge in [-0.05, 0) is 49.8 Å². The number of carboxylic acids is 1. The number of piperidine rings is 1. The summed E-state index contributed by atoms with van der Waals surface area (Å²) in [5.41, 5.74) is 1.18. The fourth-order valence-electron chi connectivity index (χ4n) is 3.85. The molecule has 1 saturated heterocycles. The molecule has 2 unspecified atom stereocenters. The average Bonchev–Trinajstić information content (AvgIpc) is 2.46. The molecule has 2 atom stereocenters. The number of aromatic carboxylic acids is 1. The van der Waals surface area contributed by atoms with Crippen LogP contribution >= 0.6 is 11.6 Å². The molecular weight excluding hydrogens is 274 g/mol. The Balaban J connectivity index is 1.96. The molecule has 1 aliphatic carbocycles. The van der Waals surface area contributed by atoms with E-state index in [1.54, 1.807) is 12.1 Å². The van der Waals surface area contributed by atoms with E-state index in [9.17, 15) is 9.90 Å². The first-order valence-electron chi connectivity index (χ1n) is 7.46. The summed E-state index contributed by atoms with van der Waals surface area (Å²) in [7, 11) is 0. The molecule has 1 saturated carbocycles. The normalized spacial score (nSPS) is 26.1. The van der Waals surface area contributed by atoms with Crippen molar-refractivity contribution in [2.24, 2.45) is 5.92 Å².